The highest BCUT2D eigenvalue weighted by molar-refractivity contribution is 9.15. The van der Waals surface area contributed by atoms with Gasteiger partial charge in [-0.15, -0.1) is 0 Å². The Morgan fingerprint density at radius 1 is 1.10 bits per heavy atom. The first kappa shape index (κ1) is 20.9. The van der Waals surface area contributed by atoms with Gasteiger partial charge in [0, 0.05) is 22.0 Å². The zero-order valence-corrected chi connectivity index (χ0v) is 19.6. The average Bonchev–Trinajstić information content (AvgIpc) is 3.33. The number of allylic oxidation sites excluding steroid dienone is 1. The zero-order valence-electron chi connectivity index (χ0n) is 17.2. The Morgan fingerprint density at radius 2 is 1.80 bits per heavy atom. The molecule has 0 fully saturated rings. The normalized spacial score (nSPS) is 21.2. The number of amides is 1. The van der Waals surface area contributed by atoms with Crippen LogP contribution >= 0.6 is 27.7 Å². The van der Waals surface area contributed by atoms with Crippen LogP contribution in [0.2, 0.25) is 0 Å². The van der Waals surface area contributed by atoms with Gasteiger partial charge < -0.3 is 19.1 Å². The number of likely N-dealkylation sites (N-methyl/N-ethyl adjacent to an activating group) is 1. The van der Waals surface area contributed by atoms with Crippen molar-refractivity contribution in [2.45, 2.75) is 11.7 Å². The van der Waals surface area contributed by atoms with Crippen LogP contribution in [0.4, 0.5) is 5.69 Å². The number of fused-ring (bicyclic) bond motifs is 2. The van der Waals surface area contributed by atoms with Gasteiger partial charge in [-0.05, 0) is 34.5 Å². The van der Waals surface area contributed by atoms with Crippen LogP contribution in [0.15, 0.2) is 53.5 Å². The summed E-state index contributed by atoms with van der Waals surface area (Å²) < 4.78 is 16.9. The number of halogens is 1. The summed E-state index contributed by atoms with van der Waals surface area (Å²) in [7, 11) is 4.74. The lowest BCUT2D eigenvalue weighted by molar-refractivity contribution is -0.119. The quantitative estimate of drug-likeness (QED) is 0.569. The molecule has 1 amide bonds. The summed E-state index contributed by atoms with van der Waals surface area (Å²) in [4.78, 5) is 16.4. The second-order valence-electron chi connectivity index (χ2n) is 6.80. The molecule has 1 unspecified atom stereocenters. The molecule has 30 heavy (non-hydrogen) atoms. The molecule has 2 heterocycles. The van der Waals surface area contributed by atoms with E-state index in [9.17, 15) is 4.79 Å². The number of thioether (sulfide) groups is 1. The topological polar surface area (TPSA) is 48.0 Å². The van der Waals surface area contributed by atoms with Crippen molar-refractivity contribution in [1.29, 1.82) is 0 Å². The summed E-state index contributed by atoms with van der Waals surface area (Å²) in [5.41, 5.74) is 2.63. The van der Waals surface area contributed by atoms with Crippen LogP contribution in [0.1, 0.15) is 18.1 Å². The van der Waals surface area contributed by atoms with Crippen molar-refractivity contribution in [3.8, 4) is 17.2 Å². The molecule has 0 bridgehead atoms. The molecule has 0 aliphatic carbocycles. The van der Waals surface area contributed by atoms with Crippen LogP contribution in [-0.2, 0) is 9.54 Å². The molecule has 0 saturated carbocycles. The Kier molecular flexibility index (Phi) is 5.59. The molecule has 156 valence electrons. The minimum Gasteiger partial charge on any atom is -0.493 e. The number of rotatable bonds is 5. The lowest BCUT2D eigenvalue weighted by Gasteiger charge is -2.23. The molecule has 0 radical (unpaired) electrons. The number of carbonyl (C=O) groups excluding carboxylic acids is 1. The number of benzene rings is 2. The fraction of sp³-hybridized carbons (Fsp3) is 0.261. The molecular formula is C23H22BrNO4S. The van der Waals surface area contributed by atoms with E-state index in [1.165, 1.54) is 11.8 Å². The van der Waals surface area contributed by atoms with Gasteiger partial charge in [0.1, 0.15) is 4.75 Å². The van der Waals surface area contributed by atoms with Crippen molar-refractivity contribution in [2.75, 3.05) is 32.8 Å². The van der Waals surface area contributed by atoms with Gasteiger partial charge in [0.15, 0.2) is 11.5 Å². The third-order valence-corrected chi connectivity index (χ3v) is 7.88. The van der Waals surface area contributed by atoms with E-state index in [1.807, 2.05) is 55.5 Å². The average molecular weight is 488 g/mol. The van der Waals surface area contributed by atoms with Gasteiger partial charge in [-0.1, -0.05) is 48.2 Å². The minimum absolute atomic E-state index is 0.00165. The fourth-order valence-corrected chi connectivity index (χ4v) is 5.94. The standard InChI is InChI=1S/C23H22BrNO4S/c1-5-25-15-13-16(27-2)20(28-3)21(29-4)18(15)23(22(25)26)12-11-17(30-23)19(24)14-9-7-6-8-10-14/h6-13H,5H2,1-4H3/b19-17-. The second-order valence-corrected chi connectivity index (χ2v) is 8.89. The second kappa shape index (κ2) is 8.04. The van der Waals surface area contributed by atoms with E-state index in [0.717, 1.165) is 26.2 Å². The number of hydrogen-bond acceptors (Lipinski definition) is 5. The molecule has 2 aliphatic heterocycles. The van der Waals surface area contributed by atoms with E-state index >= 15 is 0 Å². The lowest BCUT2D eigenvalue weighted by Crippen LogP contribution is -2.35. The molecule has 2 aliphatic rings. The molecule has 2 aromatic rings. The molecule has 0 N–H and O–H groups in total. The first-order valence-electron chi connectivity index (χ1n) is 9.51. The molecule has 4 rings (SSSR count). The van der Waals surface area contributed by atoms with Gasteiger partial charge in [-0.25, -0.2) is 0 Å². The van der Waals surface area contributed by atoms with Crippen molar-refractivity contribution in [2.24, 2.45) is 0 Å². The van der Waals surface area contributed by atoms with Crippen LogP contribution in [0.25, 0.3) is 4.48 Å². The molecule has 0 saturated heterocycles. The van der Waals surface area contributed by atoms with E-state index in [1.54, 1.807) is 26.2 Å². The summed E-state index contributed by atoms with van der Waals surface area (Å²) in [5, 5.41) is 0. The zero-order chi connectivity index (χ0) is 21.5. The van der Waals surface area contributed by atoms with E-state index < -0.39 is 4.75 Å². The van der Waals surface area contributed by atoms with Crippen LogP contribution in [0, 0.1) is 0 Å². The van der Waals surface area contributed by atoms with E-state index in [-0.39, 0.29) is 5.91 Å². The molecule has 2 aromatic carbocycles. The number of anilines is 1. The van der Waals surface area contributed by atoms with Gasteiger partial charge >= 0.3 is 0 Å². The largest absolute Gasteiger partial charge is 0.493 e. The molecule has 0 aromatic heterocycles. The number of carbonyl (C=O) groups is 1. The molecule has 1 atom stereocenters. The Bertz CT molecular complexity index is 1070. The van der Waals surface area contributed by atoms with Crippen molar-refractivity contribution < 1.29 is 19.0 Å². The molecule has 5 nitrogen and oxygen atoms in total. The lowest BCUT2D eigenvalue weighted by atomic mass is 9.97. The van der Waals surface area contributed by atoms with Gasteiger partial charge in [0.2, 0.25) is 5.75 Å². The Hall–Kier alpha value is -2.38. The van der Waals surface area contributed by atoms with Crippen molar-refractivity contribution in [3.05, 3.63) is 64.6 Å². The Labute approximate surface area is 188 Å². The third-order valence-electron chi connectivity index (χ3n) is 5.33. The smallest absolute Gasteiger partial charge is 0.252 e. The third kappa shape index (κ3) is 2.94. The predicted molar refractivity (Wildman–Crippen MR) is 125 cm³/mol. The highest BCUT2D eigenvalue weighted by Crippen LogP contribution is 2.63. The highest BCUT2D eigenvalue weighted by Gasteiger charge is 2.55. The minimum atomic E-state index is -0.917. The SMILES string of the molecule is CCN1C(=O)C2(C=C/C(=C(/Br)c3ccccc3)S2)c2c1cc(OC)c(OC)c2OC. The van der Waals surface area contributed by atoms with Crippen LogP contribution in [-0.4, -0.2) is 33.8 Å². The van der Waals surface area contributed by atoms with Crippen molar-refractivity contribution in [1.82, 2.24) is 0 Å². The van der Waals surface area contributed by atoms with Crippen LogP contribution in [0.3, 0.4) is 0 Å². The van der Waals surface area contributed by atoms with Gasteiger partial charge in [-0.3, -0.25) is 4.79 Å². The summed E-state index contributed by atoms with van der Waals surface area (Å²) in [6.45, 7) is 2.50. The maximum absolute atomic E-state index is 13.7. The number of ether oxygens (including phenoxy) is 3. The molecule has 7 heteroatoms. The van der Waals surface area contributed by atoms with Crippen LogP contribution < -0.4 is 19.1 Å². The predicted octanol–water partition coefficient (Wildman–Crippen LogP) is 5.34. The highest BCUT2D eigenvalue weighted by atomic mass is 79.9. The van der Waals surface area contributed by atoms with Gasteiger partial charge in [0.25, 0.3) is 5.91 Å². The monoisotopic (exact) mass is 487 g/mol. The van der Waals surface area contributed by atoms with E-state index in [2.05, 4.69) is 15.9 Å². The van der Waals surface area contributed by atoms with Crippen molar-refractivity contribution in [3.63, 3.8) is 0 Å². The first-order chi connectivity index (χ1) is 14.5. The van der Waals surface area contributed by atoms with Gasteiger partial charge in [-0.2, -0.15) is 0 Å². The Balaban J connectivity index is 1.92. The molecule has 1 spiro atoms. The summed E-state index contributed by atoms with van der Waals surface area (Å²) in [5.74, 6) is 1.53. The molecular weight excluding hydrogens is 466 g/mol. The summed E-state index contributed by atoms with van der Waals surface area (Å²) in [6, 6.07) is 11.9. The van der Waals surface area contributed by atoms with Crippen LogP contribution in [0.5, 0.6) is 17.2 Å². The maximum Gasteiger partial charge on any atom is 0.252 e. The van der Waals surface area contributed by atoms with Gasteiger partial charge in [0.05, 0.1) is 32.6 Å². The summed E-state index contributed by atoms with van der Waals surface area (Å²) in [6.07, 6.45) is 3.96. The maximum atomic E-state index is 13.7. The van der Waals surface area contributed by atoms with Crippen molar-refractivity contribution >= 4 is 43.8 Å². The van der Waals surface area contributed by atoms with E-state index in [4.69, 9.17) is 14.2 Å². The first-order valence-corrected chi connectivity index (χ1v) is 11.1. The van der Waals surface area contributed by atoms with E-state index in [0.29, 0.717) is 23.8 Å². The number of hydrogen-bond donors (Lipinski definition) is 0. The Morgan fingerprint density at radius 3 is 2.40 bits per heavy atom. The number of nitrogens with zero attached hydrogens (tertiary/aromatic N) is 1. The number of methoxy groups -OCH3 is 3. The fourth-order valence-electron chi connectivity index (χ4n) is 3.97. The summed E-state index contributed by atoms with van der Waals surface area (Å²) >= 11 is 5.24.